The minimum atomic E-state index is 0.536. The quantitative estimate of drug-likeness (QED) is 0.838. The Morgan fingerprint density at radius 1 is 1.18 bits per heavy atom. The van der Waals surface area contributed by atoms with E-state index < -0.39 is 0 Å². The minimum absolute atomic E-state index is 0.536. The van der Waals surface area contributed by atoms with E-state index in [0.29, 0.717) is 17.7 Å². The van der Waals surface area contributed by atoms with Crippen molar-refractivity contribution in [2.75, 3.05) is 23.8 Å². The van der Waals surface area contributed by atoms with Gasteiger partial charge in [-0.2, -0.15) is 10.1 Å². The molecule has 2 rings (SSSR count). The fourth-order valence-electron chi connectivity index (χ4n) is 2.11. The first-order valence-electron chi connectivity index (χ1n) is 7.88. The zero-order valence-corrected chi connectivity index (χ0v) is 13.9. The summed E-state index contributed by atoms with van der Waals surface area (Å²) in [6.07, 6.45) is 3.92. The van der Waals surface area contributed by atoms with Crippen LogP contribution in [-0.2, 0) is 0 Å². The fraction of sp³-hybridized carbons (Fsp3) is 0.471. The average molecular weight is 299 g/mol. The normalized spacial score (nSPS) is 10.8. The van der Waals surface area contributed by atoms with Crippen LogP contribution in [0.15, 0.2) is 30.5 Å². The summed E-state index contributed by atoms with van der Waals surface area (Å²) in [6, 6.07) is 8.40. The number of nitrogens with zero attached hydrogens (tertiary/aromatic N) is 4. The van der Waals surface area contributed by atoms with Gasteiger partial charge in [0.05, 0.1) is 6.20 Å². The van der Waals surface area contributed by atoms with Crippen LogP contribution in [0.2, 0.25) is 0 Å². The van der Waals surface area contributed by atoms with E-state index in [-0.39, 0.29) is 0 Å². The molecule has 0 saturated heterocycles. The zero-order chi connectivity index (χ0) is 15.9. The maximum absolute atomic E-state index is 4.52. The molecule has 0 aliphatic heterocycles. The second-order valence-electron chi connectivity index (χ2n) is 5.82. The Kier molecular flexibility index (Phi) is 5.69. The predicted molar refractivity (Wildman–Crippen MR) is 91.8 cm³/mol. The molecule has 0 amide bonds. The highest BCUT2D eigenvalue weighted by Gasteiger charge is 2.06. The smallest absolute Gasteiger partial charge is 0.247 e. The van der Waals surface area contributed by atoms with Crippen molar-refractivity contribution in [2.45, 2.75) is 39.5 Å². The van der Waals surface area contributed by atoms with Gasteiger partial charge < -0.3 is 10.2 Å². The van der Waals surface area contributed by atoms with Crippen molar-refractivity contribution in [2.24, 2.45) is 0 Å². The molecule has 1 aromatic carbocycles. The molecule has 5 heteroatoms. The highest BCUT2D eigenvalue weighted by Crippen LogP contribution is 2.20. The summed E-state index contributed by atoms with van der Waals surface area (Å²) < 4.78 is 0. The van der Waals surface area contributed by atoms with Crippen LogP contribution < -0.4 is 10.2 Å². The predicted octanol–water partition coefficient (Wildman–Crippen LogP) is 3.97. The van der Waals surface area contributed by atoms with E-state index in [1.165, 1.54) is 5.56 Å². The molecule has 0 radical (unpaired) electrons. The van der Waals surface area contributed by atoms with Crippen LogP contribution in [0.25, 0.3) is 0 Å². The van der Waals surface area contributed by atoms with Crippen LogP contribution in [-0.4, -0.2) is 28.8 Å². The third-order valence-corrected chi connectivity index (χ3v) is 3.59. The van der Waals surface area contributed by atoms with Gasteiger partial charge in [0.1, 0.15) is 0 Å². The molecule has 0 spiro atoms. The van der Waals surface area contributed by atoms with Crippen LogP contribution in [0.3, 0.4) is 0 Å². The van der Waals surface area contributed by atoms with Gasteiger partial charge in [-0.25, -0.2) is 0 Å². The van der Waals surface area contributed by atoms with E-state index in [1.54, 1.807) is 6.20 Å². The molecular weight excluding hydrogens is 274 g/mol. The lowest BCUT2D eigenvalue weighted by Crippen LogP contribution is -2.21. The Morgan fingerprint density at radius 2 is 1.91 bits per heavy atom. The molecule has 2 aromatic rings. The molecule has 0 saturated carbocycles. The Morgan fingerprint density at radius 3 is 2.55 bits per heavy atom. The van der Waals surface area contributed by atoms with Crippen LogP contribution in [0, 0.1) is 0 Å². The summed E-state index contributed by atoms with van der Waals surface area (Å²) in [5.41, 5.74) is 2.33. The van der Waals surface area contributed by atoms with Gasteiger partial charge in [-0.1, -0.05) is 39.3 Å². The van der Waals surface area contributed by atoms with Gasteiger partial charge in [0.25, 0.3) is 0 Å². The number of benzene rings is 1. The minimum Gasteiger partial charge on any atom is -0.343 e. The monoisotopic (exact) mass is 299 g/mol. The van der Waals surface area contributed by atoms with E-state index in [0.717, 1.165) is 25.1 Å². The van der Waals surface area contributed by atoms with E-state index in [4.69, 9.17) is 0 Å². The molecule has 0 atom stereocenters. The lowest BCUT2D eigenvalue weighted by molar-refractivity contribution is 0.741. The number of hydrogen-bond donors (Lipinski definition) is 1. The Balaban J connectivity index is 2.06. The van der Waals surface area contributed by atoms with Crippen molar-refractivity contribution in [3.05, 3.63) is 36.0 Å². The van der Waals surface area contributed by atoms with Gasteiger partial charge in [0, 0.05) is 19.3 Å². The van der Waals surface area contributed by atoms with Crippen molar-refractivity contribution < 1.29 is 0 Å². The lowest BCUT2D eigenvalue weighted by Gasteiger charge is -2.16. The second-order valence-corrected chi connectivity index (χ2v) is 5.82. The van der Waals surface area contributed by atoms with Gasteiger partial charge in [-0.05, 0) is 30.0 Å². The summed E-state index contributed by atoms with van der Waals surface area (Å²) >= 11 is 0. The molecule has 5 nitrogen and oxygen atoms in total. The molecule has 118 valence electrons. The fourth-order valence-corrected chi connectivity index (χ4v) is 2.11. The molecule has 0 fully saturated rings. The number of unbranched alkanes of at least 4 members (excludes halogenated alkanes) is 1. The van der Waals surface area contributed by atoms with Crippen LogP contribution in [0.4, 0.5) is 17.5 Å². The Bertz CT molecular complexity index is 580. The first kappa shape index (κ1) is 16.2. The maximum atomic E-state index is 4.52. The van der Waals surface area contributed by atoms with Gasteiger partial charge in [-0.3, -0.25) is 0 Å². The highest BCUT2D eigenvalue weighted by atomic mass is 15.3. The van der Waals surface area contributed by atoms with Gasteiger partial charge in [0.2, 0.25) is 5.95 Å². The summed E-state index contributed by atoms with van der Waals surface area (Å²) in [5.74, 6) is 1.90. The van der Waals surface area contributed by atoms with Crippen molar-refractivity contribution >= 4 is 17.5 Å². The molecule has 1 N–H and O–H groups in total. The van der Waals surface area contributed by atoms with Crippen molar-refractivity contribution in [3.8, 4) is 0 Å². The van der Waals surface area contributed by atoms with Crippen molar-refractivity contribution in [1.82, 2.24) is 15.2 Å². The number of nitrogens with one attached hydrogen (secondary N) is 1. The maximum Gasteiger partial charge on any atom is 0.247 e. The molecule has 0 aliphatic carbocycles. The molecule has 1 heterocycles. The van der Waals surface area contributed by atoms with Gasteiger partial charge in [0.15, 0.2) is 5.82 Å². The van der Waals surface area contributed by atoms with E-state index in [2.05, 4.69) is 65.5 Å². The van der Waals surface area contributed by atoms with Crippen molar-refractivity contribution in [1.29, 1.82) is 0 Å². The molecular formula is C17H25N5. The standard InChI is InChI=1S/C17H25N5/c1-5-6-11-22(4)17-20-16(12-18-21-17)19-15-9-7-14(8-10-15)13(2)3/h7-10,12-13H,5-6,11H2,1-4H3,(H,19,20,21). The van der Waals surface area contributed by atoms with Gasteiger partial charge >= 0.3 is 0 Å². The molecule has 0 bridgehead atoms. The molecule has 0 unspecified atom stereocenters. The first-order valence-corrected chi connectivity index (χ1v) is 7.88. The number of anilines is 3. The summed E-state index contributed by atoms with van der Waals surface area (Å²) in [5, 5.41) is 11.4. The molecule has 0 aliphatic rings. The average Bonchev–Trinajstić information content (AvgIpc) is 2.53. The number of hydrogen-bond acceptors (Lipinski definition) is 5. The van der Waals surface area contributed by atoms with Gasteiger partial charge in [-0.15, -0.1) is 5.10 Å². The third kappa shape index (κ3) is 4.41. The Labute approximate surface area is 132 Å². The topological polar surface area (TPSA) is 53.9 Å². The van der Waals surface area contributed by atoms with Crippen LogP contribution in [0.1, 0.15) is 45.1 Å². The largest absolute Gasteiger partial charge is 0.343 e. The van der Waals surface area contributed by atoms with E-state index >= 15 is 0 Å². The molecule has 1 aromatic heterocycles. The van der Waals surface area contributed by atoms with E-state index in [1.807, 2.05) is 11.9 Å². The lowest BCUT2D eigenvalue weighted by atomic mass is 10.0. The summed E-state index contributed by atoms with van der Waals surface area (Å²) in [4.78, 5) is 6.55. The van der Waals surface area contributed by atoms with Crippen molar-refractivity contribution in [3.63, 3.8) is 0 Å². The van der Waals surface area contributed by atoms with Crippen LogP contribution >= 0.6 is 0 Å². The zero-order valence-electron chi connectivity index (χ0n) is 13.9. The highest BCUT2D eigenvalue weighted by molar-refractivity contribution is 5.56. The SMILES string of the molecule is CCCCN(C)c1nncc(Nc2ccc(C(C)C)cc2)n1. The second kappa shape index (κ2) is 7.73. The number of aromatic nitrogens is 3. The third-order valence-electron chi connectivity index (χ3n) is 3.59. The first-order chi connectivity index (χ1) is 10.6. The molecule has 22 heavy (non-hydrogen) atoms. The Hall–Kier alpha value is -2.17. The number of rotatable bonds is 7. The summed E-state index contributed by atoms with van der Waals surface area (Å²) in [6.45, 7) is 7.49. The van der Waals surface area contributed by atoms with E-state index in [9.17, 15) is 0 Å². The summed E-state index contributed by atoms with van der Waals surface area (Å²) in [7, 11) is 1.99. The van der Waals surface area contributed by atoms with Crippen LogP contribution in [0.5, 0.6) is 0 Å².